The van der Waals surface area contributed by atoms with Crippen molar-refractivity contribution in [3.8, 4) is 17.9 Å². The fourth-order valence-electron chi connectivity index (χ4n) is 1.77. The van der Waals surface area contributed by atoms with Crippen molar-refractivity contribution in [1.29, 1.82) is 5.26 Å². The van der Waals surface area contributed by atoms with Gasteiger partial charge in [-0.15, -0.1) is 10.4 Å². The fourth-order valence-corrected chi connectivity index (χ4v) is 1.93. The molecule has 0 atom stereocenters. The Morgan fingerprint density at radius 1 is 1.42 bits per heavy atom. The predicted molar refractivity (Wildman–Crippen MR) is 73.0 cm³/mol. The molecule has 0 unspecified atom stereocenters. The van der Waals surface area contributed by atoms with Crippen LogP contribution in [0.15, 0.2) is 30.5 Å². The minimum Gasteiger partial charge on any atom is -0.472 e. The van der Waals surface area contributed by atoms with Crippen LogP contribution in [-0.4, -0.2) is 9.19 Å². The van der Waals surface area contributed by atoms with Gasteiger partial charge in [-0.3, -0.25) is 0 Å². The van der Waals surface area contributed by atoms with Gasteiger partial charge in [0.1, 0.15) is 12.4 Å². The summed E-state index contributed by atoms with van der Waals surface area (Å²) in [6, 6.07) is 7.31. The van der Waals surface area contributed by atoms with Crippen molar-refractivity contribution in [2.75, 3.05) is 0 Å². The second kappa shape index (κ2) is 6.16. The Labute approximate surface area is 116 Å². The van der Waals surface area contributed by atoms with E-state index in [1.54, 1.807) is 24.6 Å². The molecule has 0 spiro atoms. The summed E-state index contributed by atoms with van der Waals surface area (Å²) in [5, 5.41) is 12.7. The van der Waals surface area contributed by atoms with Crippen LogP contribution in [0, 0.1) is 11.5 Å². The van der Waals surface area contributed by atoms with E-state index < -0.39 is 0 Å². The number of nitriles is 1. The highest BCUT2D eigenvalue weighted by atomic mass is 32.1. The van der Waals surface area contributed by atoms with E-state index in [0.29, 0.717) is 18.2 Å². The minimum absolute atomic E-state index is 0.297. The first-order valence-corrected chi connectivity index (χ1v) is 6.19. The first-order chi connectivity index (χ1) is 9.24. The van der Waals surface area contributed by atoms with Gasteiger partial charge in [0, 0.05) is 17.8 Å². The van der Waals surface area contributed by atoms with Gasteiger partial charge >= 0.3 is 0 Å². The van der Waals surface area contributed by atoms with Crippen LogP contribution in [0.3, 0.4) is 0 Å². The fraction of sp³-hybridized carbons (Fsp3) is 0.231. The Morgan fingerprint density at radius 2 is 2.26 bits per heavy atom. The molecule has 0 aliphatic heterocycles. The monoisotopic (exact) mass is 275 g/mol. The Bertz CT molecular complexity index is 604. The summed E-state index contributed by atoms with van der Waals surface area (Å²) >= 11 is 4.04. The average Bonchev–Trinajstić information content (AvgIpc) is 2.83. The van der Waals surface area contributed by atoms with E-state index >= 15 is 0 Å². The van der Waals surface area contributed by atoms with Gasteiger partial charge in [0.05, 0.1) is 0 Å². The number of aromatic nitrogens is 2. The van der Waals surface area contributed by atoms with Crippen LogP contribution in [0.5, 0.6) is 11.6 Å². The van der Waals surface area contributed by atoms with Gasteiger partial charge in [0.25, 0.3) is 6.26 Å². The van der Waals surface area contributed by atoms with Crippen LogP contribution in [-0.2, 0) is 13.0 Å². The Hall–Kier alpha value is -2.13. The van der Waals surface area contributed by atoms with E-state index in [0.717, 1.165) is 17.5 Å². The Kier molecular flexibility index (Phi) is 4.31. The van der Waals surface area contributed by atoms with Gasteiger partial charge in [-0.1, -0.05) is 19.1 Å². The van der Waals surface area contributed by atoms with E-state index in [-0.39, 0.29) is 0 Å². The molecule has 98 valence electrons. The third-order valence-electron chi connectivity index (χ3n) is 2.68. The number of benzene rings is 1. The van der Waals surface area contributed by atoms with E-state index in [9.17, 15) is 0 Å². The number of thiol groups is 1. The van der Waals surface area contributed by atoms with Crippen LogP contribution in [0.25, 0.3) is 0 Å². The van der Waals surface area contributed by atoms with Crippen molar-refractivity contribution in [3.05, 3.63) is 41.6 Å². The zero-order chi connectivity index (χ0) is 13.7. The summed E-state index contributed by atoms with van der Waals surface area (Å²) in [7, 11) is 0. The first-order valence-electron chi connectivity index (χ1n) is 5.79. The summed E-state index contributed by atoms with van der Waals surface area (Å²) in [6.07, 6.45) is 4.20. The highest BCUT2D eigenvalue weighted by Gasteiger charge is 2.10. The number of nitrogens with zero attached hydrogens (tertiary/aromatic N) is 3. The number of hydrogen-bond donors (Lipinski definition) is 1. The summed E-state index contributed by atoms with van der Waals surface area (Å²) in [6.45, 7) is 2.34. The highest BCUT2D eigenvalue weighted by molar-refractivity contribution is 7.78. The zero-order valence-corrected chi connectivity index (χ0v) is 11.3. The zero-order valence-electron chi connectivity index (χ0n) is 10.4. The summed E-state index contributed by atoms with van der Waals surface area (Å²) < 4.78 is 11.9. The molecule has 1 heterocycles. The molecule has 0 N–H and O–H groups in total. The normalized spacial score (nSPS) is 9.95. The van der Waals surface area contributed by atoms with Gasteiger partial charge < -0.3 is 9.47 Å². The molecule has 0 aliphatic rings. The molecule has 0 amide bonds. The topological polar surface area (TPSA) is 60.1 Å². The lowest BCUT2D eigenvalue weighted by Crippen LogP contribution is -2.03. The van der Waals surface area contributed by atoms with E-state index in [1.165, 1.54) is 4.09 Å². The molecule has 0 fully saturated rings. The average molecular weight is 275 g/mol. The van der Waals surface area contributed by atoms with Crippen LogP contribution in [0.1, 0.15) is 18.1 Å². The first kappa shape index (κ1) is 13.3. The highest BCUT2D eigenvalue weighted by Crippen LogP contribution is 2.24. The van der Waals surface area contributed by atoms with E-state index in [4.69, 9.17) is 14.7 Å². The van der Waals surface area contributed by atoms with Crippen LogP contribution in [0.4, 0.5) is 0 Å². The lowest BCUT2D eigenvalue weighted by atomic mass is 10.0. The van der Waals surface area contributed by atoms with Crippen molar-refractivity contribution in [3.63, 3.8) is 0 Å². The summed E-state index contributed by atoms with van der Waals surface area (Å²) in [5.74, 6) is 0.996. The molecule has 0 radical (unpaired) electrons. The largest absolute Gasteiger partial charge is 0.472 e. The molecule has 5 nitrogen and oxygen atoms in total. The van der Waals surface area contributed by atoms with Crippen LogP contribution in [0.2, 0.25) is 0 Å². The van der Waals surface area contributed by atoms with E-state index in [2.05, 4.69) is 17.9 Å². The lowest BCUT2D eigenvalue weighted by Gasteiger charge is -2.11. The molecule has 6 heteroatoms. The summed E-state index contributed by atoms with van der Waals surface area (Å²) in [4.78, 5) is 0. The third kappa shape index (κ3) is 3.20. The standard InChI is InChI=1S/C13H13N3O2S/c1-2-10-4-3-5-12(18-9-14)11(10)8-17-13-6-7-16(19)15-13/h3-7,19H,2,8H2,1H3. The number of hydrogen-bond acceptors (Lipinski definition) is 5. The molecular weight excluding hydrogens is 262 g/mol. The van der Waals surface area contributed by atoms with Crippen molar-refractivity contribution in [2.45, 2.75) is 20.0 Å². The third-order valence-corrected chi connectivity index (χ3v) is 2.91. The SMILES string of the molecule is CCc1cccc(OC#N)c1COc1ccn(S)n1. The molecule has 2 rings (SSSR count). The molecule has 0 bridgehead atoms. The second-order valence-corrected chi connectivity index (χ2v) is 4.21. The Morgan fingerprint density at radius 3 is 2.89 bits per heavy atom. The molecule has 0 aliphatic carbocycles. The van der Waals surface area contributed by atoms with Gasteiger partial charge in [0.2, 0.25) is 5.88 Å². The van der Waals surface area contributed by atoms with Crippen molar-refractivity contribution < 1.29 is 9.47 Å². The lowest BCUT2D eigenvalue weighted by molar-refractivity contribution is 0.287. The van der Waals surface area contributed by atoms with E-state index in [1.807, 2.05) is 19.1 Å². The molecule has 1 aromatic heterocycles. The smallest absolute Gasteiger partial charge is 0.292 e. The quantitative estimate of drug-likeness (QED) is 0.673. The number of aryl methyl sites for hydroxylation is 1. The second-order valence-electron chi connectivity index (χ2n) is 3.80. The summed E-state index contributed by atoms with van der Waals surface area (Å²) in [5.41, 5.74) is 1.94. The predicted octanol–water partition coefficient (Wildman–Crippen LogP) is 2.58. The Balaban J connectivity index is 2.20. The van der Waals surface area contributed by atoms with Gasteiger partial charge in [-0.05, 0) is 30.9 Å². The molecule has 0 saturated carbocycles. The van der Waals surface area contributed by atoms with Crippen molar-refractivity contribution in [2.24, 2.45) is 0 Å². The van der Waals surface area contributed by atoms with Gasteiger partial charge in [-0.2, -0.15) is 0 Å². The maximum absolute atomic E-state index is 8.66. The molecular formula is C13H13N3O2S. The minimum atomic E-state index is 0.297. The van der Waals surface area contributed by atoms with Crippen LogP contribution < -0.4 is 9.47 Å². The van der Waals surface area contributed by atoms with Crippen LogP contribution >= 0.6 is 12.8 Å². The van der Waals surface area contributed by atoms with Crippen molar-refractivity contribution >= 4 is 12.8 Å². The van der Waals surface area contributed by atoms with Gasteiger partial charge in [0.15, 0.2) is 0 Å². The molecule has 0 saturated heterocycles. The van der Waals surface area contributed by atoms with Crippen molar-refractivity contribution in [1.82, 2.24) is 9.19 Å². The molecule has 1 aromatic carbocycles. The maximum Gasteiger partial charge on any atom is 0.292 e. The van der Waals surface area contributed by atoms with Gasteiger partial charge in [-0.25, -0.2) is 4.09 Å². The molecule has 2 aromatic rings. The molecule has 19 heavy (non-hydrogen) atoms. The maximum atomic E-state index is 8.66. The number of rotatable bonds is 5. The number of ether oxygens (including phenoxy) is 2.